The molecular formula is C22H24N4O3S. The number of nitrogens with one attached hydrogen (secondary N) is 1. The predicted molar refractivity (Wildman–Crippen MR) is 117 cm³/mol. The second-order valence-electron chi connectivity index (χ2n) is 7.90. The minimum absolute atomic E-state index is 0.294. The van der Waals surface area contributed by atoms with E-state index in [9.17, 15) is 0 Å². The number of morpholine rings is 1. The monoisotopic (exact) mass is 424 g/mol. The van der Waals surface area contributed by atoms with Gasteiger partial charge < -0.3 is 24.4 Å². The summed E-state index contributed by atoms with van der Waals surface area (Å²) in [5.74, 6) is 3.37. The summed E-state index contributed by atoms with van der Waals surface area (Å²) in [6.45, 7) is 4.08. The van der Waals surface area contributed by atoms with Gasteiger partial charge in [-0.1, -0.05) is 6.07 Å². The van der Waals surface area contributed by atoms with Crippen LogP contribution in [0.25, 0.3) is 10.2 Å². The minimum Gasteiger partial charge on any atom is -0.454 e. The molecule has 0 amide bonds. The van der Waals surface area contributed by atoms with Crippen LogP contribution in [-0.2, 0) is 24.1 Å². The van der Waals surface area contributed by atoms with E-state index in [1.54, 1.807) is 0 Å². The lowest BCUT2D eigenvalue weighted by atomic mass is 9.97. The van der Waals surface area contributed by atoms with Gasteiger partial charge in [-0.05, 0) is 48.9 Å². The third kappa shape index (κ3) is 3.24. The summed E-state index contributed by atoms with van der Waals surface area (Å²) in [5, 5.41) is 4.83. The third-order valence-corrected chi connectivity index (χ3v) is 7.18. The maximum Gasteiger partial charge on any atom is 0.231 e. The molecule has 0 radical (unpaired) electrons. The van der Waals surface area contributed by atoms with Gasteiger partial charge in [0, 0.05) is 24.5 Å². The van der Waals surface area contributed by atoms with Crippen LogP contribution in [0.3, 0.4) is 0 Å². The fraction of sp³-hybridized carbons (Fsp3) is 0.455. The Balaban J connectivity index is 1.36. The van der Waals surface area contributed by atoms with E-state index < -0.39 is 0 Å². The number of aromatic nitrogens is 2. The fourth-order valence-electron chi connectivity index (χ4n) is 4.42. The lowest BCUT2D eigenvalue weighted by Gasteiger charge is -2.27. The van der Waals surface area contributed by atoms with E-state index in [-0.39, 0.29) is 0 Å². The normalized spacial score (nSPS) is 17.9. The Bertz CT molecular complexity index is 1090. The highest BCUT2D eigenvalue weighted by Gasteiger charge is 2.23. The van der Waals surface area contributed by atoms with Crippen molar-refractivity contribution in [1.29, 1.82) is 0 Å². The van der Waals surface area contributed by atoms with Gasteiger partial charge in [0.1, 0.15) is 10.6 Å². The van der Waals surface area contributed by atoms with E-state index in [4.69, 9.17) is 24.2 Å². The summed E-state index contributed by atoms with van der Waals surface area (Å²) in [4.78, 5) is 14.8. The highest BCUT2D eigenvalue weighted by atomic mass is 32.1. The van der Waals surface area contributed by atoms with Crippen molar-refractivity contribution < 1.29 is 14.2 Å². The van der Waals surface area contributed by atoms with Crippen molar-refractivity contribution in [2.45, 2.75) is 32.2 Å². The first-order valence-electron chi connectivity index (χ1n) is 10.6. The number of rotatable bonds is 4. The molecule has 1 N–H and O–H groups in total. The molecule has 1 fully saturated rings. The number of benzene rings is 1. The molecule has 0 bridgehead atoms. The van der Waals surface area contributed by atoms with E-state index in [0.717, 1.165) is 72.8 Å². The first kappa shape index (κ1) is 18.2. The van der Waals surface area contributed by atoms with Gasteiger partial charge in [-0.2, -0.15) is 4.98 Å². The number of fused-ring (bicyclic) bond motifs is 4. The summed E-state index contributed by atoms with van der Waals surface area (Å²) < 4.78 is 16.5. The van der Waals surface area contributed by atoms with E-state index >= 15 is 0 Å². The molecule has 0 unspecified atom stereocenters. The Labute approximate surface area is 179 Å². The van der Waals surface area contributed by atoms with E-state index in [2.05, 4.69) is 16.3 Å². The van der Waals surface area contributed by atoms with Gasteiger partial charge >= 0.3 is 0 Å². The molecule has 8 heteroatoms. The van der Waals surface area contributed by atoms with Crippen LogP contribution in [0.5, 0.6) is 11.5 Å². The molecule has 0 atom stereocenters. The van der Waals surface area contributed by atoms with Gasteiger partial charge in [0.15, 0.2) is 11.5 Å². The minimum atomic E-state index is 0.294. The van der Waals surface area contributed by atoms with Gasteiger partial charge in [0.25, 0.3) is 0 Å². The maximum absolute atomic E-state index is 5.53. The molecule has 156 valence electrons. The quantitative estimate of drug-likeness (QED) is 0.684. The first-order valence-corrected chi connectivity index (χ1v) is 11.4. The van der Waals surface area contributed by atoms with Crippen molar-refractivity contribution in [1.82, 2.24) is 9.97 Å². The predicted octanol–water partition coefficient (Wildman–Crippen LogP) is 3.75. The Kier molecular flexibility index (Phi) is 4.61. The second kappa shape index (κ2) is 7.59. The van der Waals surface area contributed by atoms with Gasteiger partial charge in [-0.3, -0.25) is 0 Å². The molecule has 3 aliphatic rings. The number of hydrogen-bond donors (Lipinski definition) is 1. The van der Waals surface area contributed by atoms with Crippen molar-refractivity contribution in [3.63, 3.8) is 0 Å². The zero-order valence-corrected chi connectivity index (χ0v) is 17.6. The second-order valence-corrected chi connectivity index (χ2v) is 8.99. The number of hydrogen-bond acceptors (Lipinski definition) is 8. The standard InChI is InChI=1S/C22H24N4O3S/c1-2-4-18-15(3-1)19-20(23-12-14-5-6-16-17(11-14)29-13-28-16)24-22(25-21(19)30-18)26-7-9-27-10-8-26/h5-6,11H,1-4,7-10,12-13H2,(H,23,24,25). The Morgan fingerprint density at radius 2 is 1.90 bits per heavy atom. The van der Waals surface area contributed by atoms with Gasteiger partial charge in [0.05, 0.1) is 18.6 Å². The molecule has 0 spiro atoms. The molecule has 30 heavy (non-hydrogen) atoms. The number of thiophene rings is 1. The van der Waals surface area contributed by atoms with Crippen LogP contribution in [0.15, 0.2) is 18.2 Å². The Morgan fingerprint density at radius 3 is 2.83 bits per heavy atom. The molecule has 3 aromatic rings. The lowest BCUT2D eigenvalue weighted by molar-refractivity contribution is 0.122. The molecule has 4 heterocycles. The van der Waals surface area contributed by atoms with Crippen molar-refractivity contribution in [2.24, 2.45) is 0 Å². The third-order valence-electron chi connectivity index (χ3n) is 5.99. The van der Waals surface area contributed by atoms with Crippen LogP contribution < -0.4 is 19.7 Å². The number of nitrogens with zero attached hydrogens (tertiary/aromatic N) is 3. The van der Waals surface area contributed by atoms with Crippen LogP contribution in [0.4, 0.5) is 11.8 Å². The molecule has 2 aliphatic heterocycles. The maximum atomic E-state index is 5.53. The highest BCUT2D eigenvalue weighted by molar-refractivity contribution is 7.19. The number of ether oxygens (including phenoxy) is 3. The molecule has 2 aromatic heterocycles. The average molecular weight is 425 g/mol. The summed E-state index contributed by atoms with van der Waals surface area (Å²) in [5.41, 5.74) is 2.59. The van der Waals surface area contributed by atoms with Gasteiger partial charge in [-0.25, -0.2) is 4.98 Å². The van der Waals surface area contributed by atoms with E-state index in [1.807, 2.05) is 23.5 Å². The fourth-order valence-corrected chi connectivity index (χ4v) is 5.67. The van der Waals surface area contributed by atoms with Crippen LogP contribution in [0, 0.1) is 0 Å². The van der Waals surface area contributed by atoms with E-state index in [1.165, 1.54) is 28.7 Å². The number of anilines is 2. The van der Waals surface area contributed by atoms with Crippen molar-refractivity contribution in [3.05, 3.63) is 34.2 Å². The molecule has 1 aromatic carbocycles. The zero-order valence-electron chi connectivity index (χ0n) is 16.8. The largest absolute Gasteiger partial charge is 0.454 e. The smallest absolute Gasteiger partial charge is 0.231 e. The van der Waals surface area contributed by atoms with E-state index in [0.29, 0.717) is 13.3 Å². The average Bonchev–Trinajstić information content (AvgIpc) is 3.41. The number of aryl methyl sites for hydroxylation is 2. The van der Waals surface area contributed by atoms with Crippen LogP contribution in [0.2, 0.25) is 0 Å². The van der Waals surface area contributed by atoms with Crippen molar-refractivity contribution in [2.75, 3.05) is 43.3 Å². The summed E-state index contributed by atoms with van der Waals surface area (Å²) in [6.07, 6.45) is 4.79. The highest BCUT2D eigenvalue weighted by Crippen LogP contribution is 2.40. The topological polar surface area (TPSA) is 68.7 Å². The van der Waals surface area contributed by atoms with Crippen LogP contribution in [0.1, 0.15) is 28.8 Å². The van der Waals surface area contributed by atoms with Crippen molar-refractivity contribution in [3.8, 4) is 11.5 Å². The summed E-state index contributed by atoms with van der Waals surface area (Å²) >= 11 is 1.84. The van der Waals surface area contributed by atoms with Crippen LogP contribution in [-0.4, -0.2) is 43.1 Å². The molecular weight excluding hydrogens is 400 g/mol. The Hall–Kier alpha value is -2.58. The SMILES string of the molecule is c1cc2c(cc1CNc1nc(N3CCOCC3)nc3sc4c(c13)CCCC4)OCO2. The van der Waals surface area contributed by atoms with Gasteiger partial charge in [-0.15, -0.1) is 11.3 Å². The summed E-state index contributed by atoms with van der Waals surface area (Å²) in [7, 11) is 0. The summed E-state index contributed by atoms with van der Waals surface area (Å²) in [6, 6.07) is 6.09. The van der Waals surface area contributed by atoms with Gasteiger partial charge in [0.2, 0.25) is 12.7 Å². The van der Waals surface area contributed by atoms with Crippen LogP contribution >= 0.6 is 11.3 Å². The Morgan fingerprint density at radius 1 is 1.03 bits per heavy atom. The molecule has 1 aliphatic carbocycles. The molecule has 7 nitrogen and oxygen atoms in total. The lowest BCUT2D eigenvalue weighted by Crippen LogP contribution is -2.37. The van der Waals surface area contributed by atoms with Crippen molar-refractivity contribution >= 4 is 33.3 Å². The molecule has 6 rings (SSSR count). The zero-order chi connectivity index (χ0) is 19.9. The molecule has 0 saturated carbocycles. The first-order chi connectivity index (χ1) is 14.8. The molecule has 1 saturated heterocycles.